The molecule has 0 amide bonds. The van der Waals surface area contributed by atoms with Crippen molar-refractivity contribution >= 4 is 33.5 Å². The van der Waals surface area contributed by atoms with Gasteiger partial charge in [0.1, 0.15) is 11.1 Å². The molecule has 12 heteroatoms. The molecule has 0 aromatic carbocycles. The molecule has 1 heterocycles. The summed E-state index contributed by atoms with van der Waals surface area (Å²) in [6.07, 6.45) is 2.08. The van der Waals surface area contributed by atoms with Gasteiger partial charge in [-0.1, -0.05) is 21.6 Å². The number of carboxylic acid groups (broad SMARTS) is 2. The average molecular weight is 386 g/mol. The quantitative estimate of drug-likeness (QED) is 0.310. The fraction of sp³-hybridized carbons (Fsp3) is 0.231. The number of carboxylic acids is 2. The number of hydrogen-bond acceptors (Lipinski definition) is 8. The lowest BCUT2D eigenvalue weighted by molar-refractivity contribution is -0.429. The number of allylic oxidation sites excluding steroid dienone is 4. The molecule has 10 nitrogen and oxygen atoms in total. The lowest BCUT2D eigenvalue weighted by Gasteiger charge is -2.16. The van der Waals surface area contributed by atoms with Crippen molar-refractivity contribution in [1.82, 2.24) is 0 Å². The van der Waals surface area contributed by atoms with Gasteiger partial charge in [-0.05, 0) is 12.2 Å². The van der Waals surface area contributed by atoms with Crippen LogP contribution in [0.1, 0.15) is 13.3 Å². The van der Waals surface area contributed by atoms with Gasteiger partial charge in [-0.25, -0.2) is 9.59 Å². The molecule has 2 N–H and O–H groups in total. The lowest BCUT2D eigenvalue weighted by atomic mass is 9.92. The summed E-state index contributed by atoms with van der Waals surface area (Å²) in [5, 5.41) is 40.2. The van der Waals surface area contributed by atoms with E-state index in [1.807, 2.05) is 0 Å². The lowest BCUT2D eigenvalue weighted by Crippen LogP contribution is -2.18. The number of rotatable bonds is 5. The second kappa shape index (κ2) is 7.11. The third-order valence-corrected chi connectivity index (χ3v) is 6.23. The van der Waals surface area contributed by atoms with Gasteiger partial charge in [0.25, 0.3) is 11.4 Å². The molecular weight excluding hydrogens is 376 g/mol. The number of aliphatic carboxylic acids is 2. The Morgan fingerprint density at radius 1 is 1.28 bits per heavy atom. The summed E-state index contributed by atoms with van der Waals surface area (Å²) in [7, 11) is 2.24. The van der Waals surface area contributed by atoms with Crippen LogP contribution in [0.25, 0.3) is 0 Å². The van der Waals surface area contributed by atoms with Crippen LogP contribution in [0.3, 0.4) is 0 Å². The molecule has 0 spiro atoms. The van der Waals surface area contributed by atoms with Crippen molar-refractivity contribution in [1.29, 1.82) is 0 Å². The van der Waals surface area contributed by atoms with Crippen LogP contribution in [0.5, 0.6) is 0 Å². The van der Waals surface area contributed by atoms with E-state index in [0.29, 0.717) is 9.81 Å². The van der Waals surface area contributed by atoms with Gasteiger partial charge < -0.3 is 10.2 Å². The van der Waals surface area contributed by atoms with Crippen molar-refractivity contribution in [3.8, 4) is 0 Å². The minimum atomic E-state index is -1.49. The van der Waals surface area contributed by atoms with E-state index in [9.17, 15) is 34.9 Å². The van der Waals surface area contributed by atoms with Crippen LogP contribution in [-0.2, 0) is 9.59 Å². The Kier molecular flexibility index (Phi) is 5.33. The first kappa shape index (κ1) is 18.7. The van der Waals surface area contributed by atoms with Crippen molar-refractivity contribution in [2.75, 3.05) is 0 Å². The zero-order valence-corrected chi connectivity index (χ0v) is 14.1. The van der Waals surface area contributed by atoms with Crippen LogP contribution in [0.4, 0.5) is 0 Å². The van der Waals surface area contributed by atoms with E-state index >= 15 is 0 Å². The molecular formula is C13H10N2O8S2. The number of hydrogen-bond donors (Lipinski definition) is 2. The van der Waals surface area contributed by atoms with Crippen molar-refractivity contribution < 1.29 is 29.6 Å². The highest BCUT2D eigenvalue weighted by Gasteiger charge is 2.39. The first-order valence-electron chi connectivity index (χ1n) is 6.60. The summed E-state index contributed by atoms with van der Waals surface area (Å²) in [5.41, 5.74) is -1.98. The molecule has 0 aromatic rings. The summed E-state index contributed by atoms with van der Waals surface area (Å²) in [6.45, 7) is 1.05. The smallest absolute Gasteiger partial charge is 0.342 e. The Bertz CT molecular complexity index is 824. The van der Waals surface area contributed by atoms with Gasteiger partial charge >= 0.3 is 11.9 Å². The Morgan fingerprint density at radius 2 is 1.92 bits per heavy atom. The molecule has 0 radical (unpaired) electrons. The maximum absolute atomic E-state index is 11.3. The second-order valence-electron chi connectivity index (χ2n) is 5.00. The van der Waals surface area contributed by atoms with E-state index in [-0.39, 0.29) is 6.42 Å². The highest BCUT2D eigenvalue weighted by atomic mass is 33.1. The van der Waals surface area contributed by atoms with Crippen LogP contribution in [0.15, 0.2) is 44.5 Å². The van der Waals surface area contributed by atoms with E-state index in [2.05, 4.69) is 0 Å². The zero-order chi connectivity index (χ0) is 18.9. The predicted molar refractivity (Wildman–Crippen MR) is 88.4 cm³/mol. The maximum Gasteiger partial charge on any atom is 0.342 e. The Balaban J connectivity index is 2.48. The summed E-state index contributed by atoms with van der Waals surface area (Å²) >= 11 is 0. The monoisotopic (exact) mass is 386 g/mol. The first-order chi connectivity index (χ1) is 11.6. The van der Waals surface area contributed by atoms with E-state index in [4.69, 9.17) is 5.11 Å². The second-order valence-corrected chi connectivity index (χ2v) is 7.28. The fourth-order valence-corrected chi connectivity index (χ4v) is 5.07. The SMILES string of the molecule is C/C(=C(\C=C1\SSC2=CC(C(=O)O)=C([N+](=O)[O-])CC21)C(=O)O)[N+](=O)[O-]. The van der Waals surface area contributed by atoms with E-state index in [1.54, 1.807) is 0 Å². The third-order valence-electron chi connectivity index (χ3n) is 3.55. The minimum Gasteiger partial charge on any atom is -0.477 e. The molecule has 0 bridgehead atoms. The number of carbonyl (C=O) groups is 2. The topological polar surface area (TPSA) is 161 Å². The van der Waals surface area contributed by atoms with Gasteiger partial charge in [0.2, 0.25) is 0 Å². The van der Waals surface area contributed by atoms with Crippen LogP contribution in [0, 0.1) is 26.1 Å². The summed E-state index contributed by atoms with van der Waals surface area (Å²) in [6, 6.07) is 0. The van der Waals surface area contributed by atoms with E-state index in [1.165, 1.54) is 6.08 Å². The van der Waals surface area contributed by atoms with Gasteiger partial charge in [-0.2, -0.15) is 0 Å². The molecule has 1 unspecified atom stereocenters. The third kappa shape index (κ3) is 3.74. The molecule has 2 rings (SSSR count). The van der Waals surface area contributed by atoms with Crippen LogP contribution >= 0.6 is 21.6 Å². The molecule has 2 aliphatic rings. The van der Waals surface area contributed by atoms with E-state index < -0.39 is 50.2 Å². The fourth-order valence-electron chi connectivity index (χ4n) is 2.25. The molecule has 25 heavy (non-hydrogen) atoms. The Morgan fingerprint density at radius 3 is 2.40 bits per heavy atom. The molecule has 132 valence electrons. The number of nitro groups is 2. The summed E-state index contributed by atoms with van der Waals surface area (Å²) in [5.74, 6) is -3.50. The standard InChI is InChI=1S/C13H10N2O8S2/c1-5(14(20)21)6(12(16)17)3-10-8-2-9(15(22)23)7(13(18)19)4-11(8)25-24-10/h3-4,8H,2H2,1H3,(H,16,17)(H,18,19)/b6-5-,10-3+. The summed E-state index contributed by atoms with van der Waals surface area (Å²) in [4.78, 5) is 43.7. The van der Waals surface area contributed by atoms with Crippen LogP contribution in [-0.4, -0.2) is 32.0 Å². The van der Waals surface area contributed by atoms with Crippen LogP contribution < -0.4 is 0 Å². The molecule has 1 atom stereocenters. The van der Waals surface area contributed by atoms with Gasteiger partial charge in [-0.15, -0.1) is 0 Å². The highest BCUT2D eigenvalue weighted by molar-refractivity contribution is 8.80. The predicted octanol–water partition coefficient (Wildman–Crippen LogP) is 2.42. The maximum atomic E-state index is 11.3. The zero-order valence-electron chi connectivity index (χ0n) is 12.5. The molecule has 0 saturated carbocycles. The Hall–Kier alpha value is -2.60. The molecule has 1 aliphatic carbocycles. The molecule has 0 aromatic heterocycles. The molecule has 1 saturated heterocycles. The van der Waals surface area contributed by atoms with E-state index in [0.717, 1.165) is 34.6 Å². The molecule has 1 aliphatic heterocycles. The van der Waals surface area contributed by atoms with Crippen LogP contribution in [0.2, 0.25) is 0 Å². The molecule has 1 fully saturated rings. The average Bonchev–Trinajstić information content (AvgIpc) is 2.92. The van der Waals surface area contributed by atoms with Gasteiger partial charge in [0.05, 0.1) is 16.3 Å². The van der Waals surface area contributed by atoms with Gasteiger partial charge in [-0.3, -0.25) is 20.2 Å². The Labute approximate surface area is 147 Å². The minimum absolute atomic E-state index is 0.225. The van der Waals surface area contributed by atoms with Crippen molar-refractivity contribution in [3.05, 3.63) is 64.7 Å². The highest BCUT2D eigenvalue weighted by Crippen LogP contribution is 2.57. The first-order valence-corrected chi connectivity index (χ1v) is 8.75. The van der Waals surface area contributed by atoms with Crippen molar-refractivity contribution in [2.24, 2.45) is 5.92 Å². The van der Waals surface area contributed by atoms with Gasteiger partial charge in [0.15, 0.2) is 0 Å². The van der Waals surface area contributed by atoms with Crippen molar-refractivity contribution in [2.45, 2.75) is 13.3 Å². The largest absolute Gasteiger partial charge is 0.477 e. The van der Waals surface area contributed by atoms with Gasteiger partial charge in [0, 0.05) is 22.7 Å². The number of fused-ring (bicyclic) bond motifs is 1. The normalized spacial score (nSPS) is 22.2. The van der Waals surface area contributed by atoms with Crippen molar-refractivity contribution in [3.63, 3.8) is 0 Å². The number of nitrogens with zero attached hydrogens (tertiary/aromatic N) is 2. The summed E-state index contributed by atoms with van der Waals surface area (Å²) < 4.78 is 0.